The third-order valence-electron chi connectivity index (χ3n) is 8.31. The predicted octanol–water partition coefficient (Wildman–Crippen LogP) is 5.27. The summed E-state index contributed by atoms with van der Waals surface area (Å²) in [7, 11) is 0. The van der Waals surface area contributed by atoms with Crippen LogP contribution in [0.1, 0.15) is 27.9 Å². The molecule has 4 aliphatic carbocycles. The van der Waals surface area contributed by atoms with Gasteiger partial charge in [-0.2, -0.15) is 0 Å². The maximum absolute atomic E-state index is 13.8. The number of aryl methyl sites for hydroxylation is 1. The number of halogens is 2. The molecule has 34 heavy (non-hydrogen) atoms. The number of allylic oxidation sites excluding steroid dienone is 2. The first-order valence-corrected chi connectivity index (χ1v) is 12.4. The third-order valence-corrected chi connectivity index (χ3v) is 8.86. The number of rotatable bonds is 4. The van der Waals surface area contributed by atoms with Crippen LogP contribution >= 0.6 is 23.2 Å². The fourth-order valence-corrected chi connectivity index (χ4v) is 6.87. The highest BCUT2D eigenvalue weighted by molar-refractivity contribution is 6.37. The van der Waals surface area contributed by atoms with E-state index >= 15 is 0 Å². The number of likely N-dealkylation sites (tertiary alicyclic amines) is 1. The standard InChI is InChI=1S/C27H24Cl2N2O3/c1-13-4-3-5-22(14(13)2)30(25(32)18-7-6-15(28)10-21(18)29)12-31-26(33)23-16-8-9-17(20-11-19(16)20)24(23)27(31)34/h3-10,16-17,19-20,23-24H,11-12H2,1-2H3. The van der Waals surface area contributed by atoms with Crippen LogP contribution in [0.3, 0.4) is 0 Å². The summed E-state index contributed by atoms with van der Waals surface area (Å²) in [5.41, 5.74) is 2.83. The monoisotopic (exact) mass is 494 g/mol. The van der Waals surface area contributed by atoms with Crippen molar-refractivity contribution in [2.24, 2.45) is 35.5 Å². The molecule has 6 unspecified atom stereocenters. The first-order valence-electron chi connectivity index (χ1n) is 11.6. The molecule has 5 aliphatic rings. The van der Waals surface area contributed by atoms with E-state index in [1.807, 2.05) is 32.0 Å². The van der Waals surface area contributed by atoms with Crippen LogP contribution in [-0.4, -0.2) is 29.3 Å². The highest BCUT2D eigenvalue weighted by Crippen LogP contribution is 2.65. The predicted molar refractivity (Wildman–Crippen MR) is 131 cm³/mol. The number of benzene rings is 2. The van der Waals surface area contributed by atoms with Crippen LogP contribution in [0.4, 0.5) is 5.69 Å². The van der Waals surface area contributed by atoms with Crippen molar-refractivity contribution in [1.82, 2.24) is 4.90 Å². The number of carbonyl (C=O) groups is 3. The Bertz CT molecular complexity index is 1250. The van der Waals surface area contributed by atoms with Crippen LogP contribution in [0.2, 0.25) is 10.0 Å². The van der Waals surface area contributed by atoms with E-state index in [1.165, 1.54) is 15.9 Å². The van der Waals surface area contributed by atoms with Crippen molar-refractivity contribution in [2.45, 2.75) is 20.3 Å². The zero-order valence-corrected chi connectivity index (χ0v) is 20.4. The molecule has 0 radical (unpaired) electrons. The molecule has 174 valence electrons. The summed E-state index contributed by atoms with van der Waals surface area (Å²) >= 11 is 12.4. The molecule has 2 bridgehead atoms. The van der Waals surface area contributed by atoms with Gasteiger partial charge in [0.25, 0.3) is 5.91 Å². The normalized spacial score (nSPS) is 30.4. The molecule has 7 rings (SSSR count). The lowest BCUT2D eigenvalue weighted by Crippen LogP contribution is -2.45. The Morgan fingerprint density at radius 2 is 1.65 bits per heavy atom. The molecule has 1 saturated heterocycles. The molecule has 1 aliphatic heterocycles. The number of hydrogen-bond donors (Lipinski definition) is 0. The van der Waals surface area contributed by atoms with Gasteiger partial charge >= 0.3 is 0 Å². The summed E-state index contributed by atoms with van der Waals surface area (Å²) in [6, 6.07) is 10.4. The second-order valence-corrected chi connectivity index (χ2v) is 10.8. The van der Waals surface area contributed by atoms with Gasteiger partial charge in [-0.15, -0.1) is 0 Å². The lowest BCUT2D eigenvalue weighted by atomic mass is 9.63. The first-order chi connectivity index (χ1) is 16.3. The van der Waals surface area contributed by atoms with Crippen molar-refractivity contribution < 1.29 is 14.4 Å². The van der Waals surface area contributed by atoms with Crippen LogP contribution in [0.5, 0.6) is 0 Å². The van der Waals surface area contributed by atoms with E-state index in [0.29, 0.717) is 22.5 Å². The van der Waals surface area contributed by atoms with Gasteiger partial charge in [0.05, 0.1) is 22.4 Å². The summed E-state index contributed by atoms with van der Waals surface area (Å²) in [5, 5.41) is 0.651. The molecule has 2 aromatic rings. The van der Waals surface area contributed by atoms with Gasteiger partial charge in [0.2, 0.25) is 11.8 Å². The molecule has 0 N–H and O–H groups in total. The van der Waals surface area contributed by atoms with E-state index in [0.717, 1.165) is 17.5 Å². The number of anilines is 1. The van der Waals surface area contributed by atoms with Crippen molar-refractivity contribution in [3.8, 4) is 0 Å². The molecule has 2 saturated carbocycles. The summed E-state index contributed by atoms with van der Waals surface area (Å²) in [4.78, 5) is 43.8. The summed E-state index contributed by atoms with van der Waals surface area (Å²) in [5.74, 6) is 0.0100. The smallest absolute Gasteiger partial charge is 0.261 e. The summed E-state index contributed by atoms with van der Waals surface area (Å²) < 4.78 is 0. The highest BCUT2D eigenvalue weighted by atomic mass is 35.5. The largest absolute Gasteiger partial charge is 0.289 e. The molecule has 0 aromatic heterocycles. The number of imide groups is 1. The zero-order valence-electron chi connectivity index (χ0n) is 18.9. The van der Waals surface area contributed by atoms with Gasteiger partial charge in [0, 0.05) is 10.7 Å². The van der Waals surface area contributed by atoms with Crippen LogP contribution in [0.15, 0.2) is 48.6 Å². The zero-order chi connectivity index (χ0) is 23.9. The van der Waals surface area contributed by atoms with Gasteiger partial charge in [-0.25, -0.2) is 0 Å². The summed E-state index contributed by atoms with van der Waals surface area (Å²) in [6.07, 6.45) is 5.41. The quantitative estimate of drug-likeness (QED) is 0.429. The van der Waals surface area contributed by atoms with Crippen molar-refractivity contribution in [2.75, 3.05) is 11.6 Å². The molecule has 6 atom stereocenters. The minimum Gasteiger partial charge on any atom is -0.289 e. The van der Waals surface area contributed by atoms with Crippen molar-refractivity contribution >= 4 is 46.6 Å². The Labute approximate surface area is 208 Å². The van der Waals surface area contributed by atoms with E-state index in [4.69, 9.17) is 23.2 Å². The molecule has 5 nitrogen and oxygen atoms in total. The van der Waals surface area contributed by atoms with Gasteiger partial charge < -0.3 is 0 Å². The topological polar surface area (TPSA) is 57.7 Å². The van der Waals surface area contributed by atoms with Crippen molar-refractivity contribution in [3.63, 3.8) is 0 Å². The van der Waals surface area contributed by atoms with Crippen LogP contribution < -0.4 is 4.90 Å². The average molecular weight is 495 g/mol. The van der Waals surface area contributed by atoms with Crippen LogP contribution in [-0.2, 0) is 9.59 Å². The molecule has 7 heteroatoms. The van der Waals surface area contributed by atoms with Crippen LogP contribution in [0, 0.1) is 49.4 Å². The van der Waals surface area contributed by atoms with Crippen molar-refractivity contribution in [1.29, 1.82) is 0 Å². The van der Waals surface area contributed by atoms with E-state index in [2.05, 4.69) is 12.2 Å². The number of hydrogen-bond acceptors (Lipinski definition) is 3. The van der Waals surface area contributed by atoms with E-state index in [9.17, 15) is 14.4 Å². The molecule has 0 spiro atoms. The molecule has 3 fully saturated rings. The summed E-state index contributed by atoms with van der Waals surface area (Å²) in [6.45, 7) is 3.76. The Morgan fingerprint density at radius 3 is 2.26 bits per heavy atom. The average Bonchev–Trinajstić information content (AvgIpc) is 3.59. The number of carbonyl (C=O) groups excluding carboxylic acids is 3. The van der Waals surface area contributed by atoms with E-state index < -0.39 is 0 Å². The lowest BCUT2D eigenvalue weighted by molar-refractivity contribution is -0.140. The van der Waals surface area contributed by atoms with Gasteiger partial charge in [-0.3, -0.25) is 24.2 Å². The van der Waals surface area contributed by atoms with E-state index in [1.54, 1.807) is 12.1 Å². The van der Waals surface area contributed by atoms with Crippen LogP contribution in [0.25, 0.3) is 0 Å². The fraction of sp³-hybridized carbons (Fsp3) is 0.370. The third kappa shape index (κ3) is 3.10. The van der Waals surface area contributed by atoms with Gasteiger partial charge in [-0.05, 0) is 79.3 Å². The molecule has 2 aromatic carbocycles. The maximum atomic E-state index is 13.8. The number of amides is 3. The Kier molecular flexibility index (Phi) is 4.95. The Hall–Kier alpha value is -2.63. The second-order valence-electron chi connectivity index (χ2n) is 9.98. The van der Waals surface area contributed by atoms with E-state index in [-0.39, 0.29) is 58.6 Å². The minimum atomic E-state index is -0.380. The highest BCUT2D eigenvalue weighted by Gasteiger charge is 2.67. The van der Waals surface area contributed by atoms with Crippen molar-refractivity contribution in [3.05, 3.63) is 75.3 Å². The Morgan fingerprint density at radius 1 is 1.00 bits per heavy atom. The lowest BCUT2D eigenvalue weighted by Gasteiger charge is -2.37. The van der Waals surface area contributed by atoms with Gasteiger partial charge in [0.1, 0.15) is 6.67 Å². The first kappa shape index (κ1) is 21.9. The SMILES string of the molecule is Cc1cccc(N(CN2C(=O)C3C4C=CC(C5CC45)C3C2=O)C(=O)c2ccc(Cl)cc2Cl)c1C. The maximum Gasteiger partial charge on any atom is 0.261 e. The minimum absolute atomic E-state index is 0.136. The van der Waals surface area contributed by atoms with Gasteiger partial charge in [0.15, 0.2) is 0 Å². The second kappa shape index (κ2) is 7.69. The molecular formula is C27H24Cl2N2O3. The van der Waals surface area contributed by atoms with Gasteiger partial charge in [-0.1, -0.05) is 47.5 Å². The molecule has 3 amide bonds. The molecule has 1 heterocycles. The fourth-order valence-electron chi connectivity index (χ4n) is 6.39. The molecular weight excluding hydrogens is 471 g/mol. The number of nitrogens with zero attached hydrogens (tertiary/aromatic N) is 2. The Balaban J connectivity index is 1.38.